The average molecular weight is 248 g/mol. The number of para-hydroxylation sites is 1. The zero-order chi connectivity index (χ0) is 12.0. The smallest absolute Gasteiger partial charge is 0.212 e. The topological polar surface area (TPSA) is 64.3 Å². The van der Waals surface area contributed by atoms with E-state index in [1.165, 1.54) is 12.2 Å². The summed E-state index contributed by atoms with van der Waals surface area (Å²) in [6, 6.07) is 6.62. The molecule has 86 valence electrons. The Bertz CT molecular complexity index is 797. The van der Waals surface area contributed by atoms with E-state index < -0.39 is 15.3 Å². The Morgan fingerprint density at radius 3 is 2.76 bits per heavy atom. The van der Waals surface area contributed by atoms with Gasteiger partial charge in [-0.05, 0) is 18.2 Å². The monoisotopic (exact) mass is 248 g/mol. The SMILES string of the molecule is O=c1c2c(oc3ccccc13)C=CCS2(=O)=O. The summed E-state index contributed by atoms with van der Waals surface area (Å²) < 4.78 is 29.1. The van der Waals surface area contributed by atoms with Gasteiger partial charge in [0.1, 0.15) is 11.3 Å². The number of benzene rings is 1. The van der Waals surface area contributed by atoms with Crippen LogP contribution in [-0.4, -0.2) is 14.2 Å². The van der Waals surface area contributed by atoms with Crippen molar-refractivity contribution in [2.45, 2.75) is 4.90 Å². The molecule has 0 spiro atoms. The molecule has 1 aromatic heterocycles. The van der Waals surface area contributed by atoms with Gasteiger partial charge in [-0.15, -0.1) is 0 Å². The van der Waals surface area contributed by atoms with Crippen LogP contribution in [0.25, 0.3) is 17.0 Å². The van der Waals surface area contributed by atoms with Gasteiger partial charge in [0.2, 0.25) is 5.43 Å². The van der Waals surface area contributed by atoms with Crippen molar-refractivity contribution < 1.29 is 12.8 Å². The van der Waals surface area contributed by atoms with E-state index in [1.807, 2.05) is 0 Å². The fraction of sp³-hybridized carbons (Fsp3) is 0.0833. The first-order chi connectivity index (χ1) is 8.09. The highest BCUT2D eigenvalue weighted by atomic mass is 32.2. The van der Waals surface area contributed by atoms with Gasteiger partial charge in [-0.2, -0.15) is 0 Å². The number of rotatable bonds is 0. The molecule has 4 nitrogen and oxygen atoms in total. The zero-order valence-electron chi connectivity index (χ0n) is 8.71. The Labute approximate surface area is 97.1 Å². The molecule has 2 heterocycles. The molecule has 0 fully saturated rings. The summed E-state index contributed by atoms with van der Waals surface area (Å²) in [7, 11) is -3.56. The predicted octanol–water partition coefficient (Wildman–Crippen LogP) is 1.59. The molecule has 0 unspecified atom stereocenters. The summed E-state index contributed by atoms with van der Waals surface area (Å²) in [6.45, 7) is 0. The van der Waals surface area contributed by atoms with Crippen molar-refractivity contribution in [2.24, 2.45) is 0 Å². The fourth-order valence-corrected chi connectivity index (χ4v) is 3.24. The van der Waals surface area contributed by atoms with Gasteiger partial charge in [0, 0.05) is 0 Å². The number of hydrogen-bond acceptors (Lipinski definition) is 4. The van der Waals surface area contributed by atoms with Crippen molar-refractivity contribution in [3.8, 4) is 0 Å². The van der Waals surface area contributed by atoms with Crippen molar-refractivity contribution in [3.05, 3.63) is 46.3 Å². The molecule has 1 aromatic carbocycles. The molecule has 0 N–H and O–H groups in total. The van der Waals surface area contributed by atoms with Crippen LogP contribution < -0.4 is 5.43 Å². The molecule has 0 saturated carbocycles. The van der Waals surface area contributed by atoms with Crippen LogP contribution in [0, 0.1) is 0 Å². The van der Waals surface area contributed by atoms with Crippen LogP contribution in [0.3, 0.4) is 0 Å². The Kier molecular flexibility index (Phi) is 2.00. The molecule has 2 aromatic rings. The largest absolute Gasteiger partial charge is 0.455 e. The zero-order valence-corrected chi connectivity index (χ0v) is 9.53. The average Bonchev–Trinajstić information content (AvgIpc) is 2.28. The molecule has 0 bridgehead atoms. The van der Waals surface area contributed by atoms with E-state index in [9.17, 15) is 13.2 Å². The van der Waals surface area contributed by atoms with Crippen molar-refractivity contribution in [1.82, 2.24) is 0 Å². The summed E-state index contributed by atoms with van der Waals surface area (Å²) in [5, 5.41) is 0.296. The van der Waals surface area contributed by atoms with Crippen molar-refractivity contribution >= 4 is 26.9 Å². The Hall–Kier alpha value is -1.88. The molecule has 17 heavy (non-hydrogen) atoms. The normalized spacial score (nSPS) is 16.9. The van der Waals surface area contributed by atoms with Crippen LogP contribution in [0.15, 0.2) is 44.4 Å². The van der Waals surface area contributed by atoms with Crippen LogP contribution in [0.5, 0.6) is 0 Å². The summed E-state index contributed by atoms with van der Waals surface area (Å²) in [5.74, 6) is -0.0247. The second-order valence-electron chi connectivity index (χ2n) is 3.80. The van der Waals surface area contributed by atoms with E-state index in [0.717, 1.165) is 0 Å². The van der Waals surface area contributed by atoms with E-state index >= 15 is 0 Å². The maximum atomic E-state index is 12.1. The maximum absolute atomic E-state index is 12.1. The molecular formula is C12H8O4S. The molecule has 0 radical (unpaired) electrons. The van der Waals surface area contributed by atoms with E-state index in [1.54, 1.807) is 24.3 Å². The number of fused-ring (bicyclic) bond motifs is 2. The molecule has 5 heteroatoms. The fourth-order valence-electron chi connectivity index (χ4n) is 1.91. The maximum Gasteiger partial charge on any atom is 0.212 e. The van der Waals surface area contributed by atoms with Crippen LogP contribution >= 0.6 is 0 Å². The van der Waals surface area contributed by atoms with Gasteiger partial charge in [0.15, 0.2) is 14.7 Å². The van der Waals surface area contributed by atoms with Crippen molar-refractivity contribution in [1.29, 1.82) is 0 Å². The number of hydrogen-bond donors (Lipinski definition) is 0. The minimum atomic E-state index is -3.56. The summed E-state index contributed by atoms with van der Waals surface area (Å²) in [5.41, 5.74) is -0.0794. The van der Waals surface area contributed by atoms with E-state index in [-0.39, 0.29) is 16.4 Å². The third-order valence-electron chi connectivity index (χ3n) is 2.68. The molecule has 3 rings (SSSR count). The lowest BCUT2D eigenvalue weighted by atomic mass is 10.2. The first kappa shape index (κ1) is 10.3. The van der Waals surface area contributed by atoms with Crippen LogP contribution in [-0.2, 0) is 9.84 Å². The van der Waals surface area contributed by atoms with Crippen LogP contribution in [0.2, 0.25) is 0 Å². The Morgan fingerprint density at radius 2 is 1.94 bits per heavy atom. The first-order valence-corrected chi connectivity index (χ1v) is 6.70. The highest BCUT2D eigenvalue weighted by Crippen LogP contribution is 2.24. The standard InChI is InChI=1S/C12H8O4S/c13-11-8-4-1-2-5-9(8)16-10-6-3-7-17(14,15)12(10)11/h1-6H,7H2. The molecular weight excluding hydrogens is 240 g/mol. The highest BCUT2D eigenvalue weighted by Gasteiger charge is 2.27. The van der Waals surface area contributed by atoms with Gasteiger partial charge in [0.05, 0.1) is 11.1 Å². The Balaban J connectivity index is 2.58. The van der Waals surface area contributed by atoms with E-state index in [4.69, 9.17) is 4.42 Å². The quantitative estimate of drug-likeness (QED) is 0.710. The molecule has 1 aliphatic rings. The van der Waals surface area contributed by atoms with Gasteiger partial charge in [-0.1, -0.05) is 18.2 Å². The summed E-state index contributed by atoms with van der Waals surface area (Å²) >= 11 is 0. The van der Waals surface area contributed by atoms with E-state index in [2.05, 4.69) is 0 Å². The number of sulfone groups is 1. The lowest BCUT2D eigenvalue weighted by molar-refractivity contribution is 0.556. The minimum absolute atomic E-state index is 0.125. The lowest BCUT2D eigenvalue weighted by Gasteiger charge is -2.10. The third-order valence-corrected chi connectivity index (χ3v) is 4.32. The molecule has 0 atom stereocenters. The Morgan fingerprint density at radius 1 is 1.18 bits per heavy atom. The molecule has 0 amide bonds. The van der Waals surface area contributed by atoms with Crippen LogP contribution in [0.4, 0.5) is 0 Å². The summed E-state index contributed by atoms with van der Waals surface area (Å²) in [6.07, 6.45) is 3.01. The predicted molar refractivity (Wildman–Crippen MR) is 63.6 cm³/mol. The highest BCUT2D eigenvalue weighted by molar-refractivity contribution is 7.91. The molecule has 0 aliphatic carbocycles. The lowest BCUT2D eigenvalue weighted by Crippen LogP contribution is -2.21. The van der Waals surface area contributed by atoms with Crippen LogP contribution in [0.1, 0.15) is 5.76 Å². The second kappa shape index (κ2) is 3.30. The summed E-state index contributed by atoms with van der Waals surface area (Å²) in [4.78, 5) is 11.9. The van der Waals surface area contributed by atoms with Gasteiger partial charge in [-0.25, -0.2) is 8.42 Å². The molecule has 1 aliphatic heterocycles. The molecule has 0 saturated heterocycles. The first-order valence-electron chi connectivity index (χ1n) is 5.05. The van der Waals surface area contributed by atoms with E-state index in [0.29, 0.717) is 11.0 Å². The van der Waals surface area contributed by atoms with Gasteiger partial charge in [-0.3, -0.25) is 4.79 Å². The third kappa shape index (κ3) is 1.43. The second-order valence-corrected chi connectivity index (χ2v) is 5.78. The van der Waals surface area contributed by atoms with Gasteiger partial charge in [0.25, 0.3) is 0 Å². The van der Waals surface area contributed by atoms with Gasteiger partial charge >= 0.3 is 0 Å². The minimum Gasteiger partial charge on any atom is -0.455 e. The van der Waals surface area contributed by atoms with Gasteiger partial charge < -0.3 is 4.42 Å². The van der Waals surface area contributed by atoms with Crippen molar-refractivity contribution in [2.75, 3.05) is 5.75 Å². The van der Waals surface area contributed by atoms with Crippen molar-refractivity contribution in [3.63, 3.8) is 0 Å².